The second-order valence-electron chi connectivity index (χ2n) is 5.38. The fraction of sp³-hybridized carbons (Fsp3) is 0.467. The van der Waals surface area contributed by atoms with Crippen LogP contribution in [-0.4, -0.2) is 14.8 Å². The summed E-state index contributed by atoms with van der Waals surface area (Å²) in [5, 5.41) is 8.46. The number of benzene rings is 1. The van der Waals surface area contributed by atoms with Gasteiger partial charge >= 0.3 is 0 Å². The van der Waals surface area contributed by atoms with Crippen molar-refractivity contribution in [3.63, 3.8) is 0 Å². The van der Waals surface area contributed by atoms with Gasteiger partial charge in [-0.25, -0.2) is 0 Å². The lowest BCUT2D eigenvalue weighted by atomic mass is 10.0. The van der Waals surface area contributed by atoms with Crippen LogP contribution in [0.25, 0.3) is 11.4 Å². The molecule has 1 aromatic heterocycles. The molecule has 19 heavy (non-hydrogen) atoms. The zero-order chi connectivity index (χ0) is 14.0. The van der Waals surface area contributed by atoms with Crippen molar-refractivity contribution in [2.45, 2.75) is 46.2 Å². The lowest BCUT2D eigenvalue weighted by Crippen LogP contribution is -2.11. The zero-order valence-electron chi connectivity index (χ0n) is 12.1. The van der Waals surface area contributed by atoms with Crippen molar-refractivity contribution >= 4 is 0 Å². The highest BCUT2D eigenvalue weighted by Gasteiger charge is 2.15. The van der Waals surface area contributed by atoms with E-state index in [0.717, 1.165) is 17.2 Å². The Balaban J connectivity index is 2.44. The highest BCUT2D eigenvalue weighted by Crippen LogP contribution is 2.24. The van der Waals surface area contributed by atoms with Gasteiger partial charge in [0, 0.05) is 11.6 Å². The van der Waals surface area contributed by atoms with Crippen LogP contribution in [0, 0.1) is 0 Å². The van der Waals surface area contributed by atoms with Gasteiger partial charge in [-0.3, -0.25) is 0 Å². The van der Waals surface area contributed by atoms with E-state index in [0.29, 0.717) is 18.5 Å². The van der Waals surface area contributed by atoms with Crippen LogP contribution in [0.4, 0.5) is 0 Å². The Bertz CT molecular complexity index is 538. The highest BCUT2D eigenvalue weighted by molar-refractivity contribution is 5.56. The Hall–Kier alpha value is -1.68. The average molecular weight is 258 g/mol. The standard InChI is InChI=1S/C15H22N4/c1-10(2)12-5-7-13(8-6-12)15-18-17-14(9-16)19(15)11(3)4/h5-8,10-11H,9,16H2,1-4H3. The van der Waals surface area contributed by atoms with Crippen LogP contribution in [-0.2, 0) is 6.54 Å². The summed E-state index contributed by atoms with van der Waals surface area (Å²) in [7, 11) is 0. The topological polar surface area (TPSA) is 56.7 Å². The summed E-state index contributed by atoms with van der Waals surface area (Å²) in [5.74, 6) is 2.26. The lowest BCUT2D eigenvalue weighted by Gasteiger charge is -2.14. The third kappa shape index (κ3) is 2.68. The van der Waals surface area contributed by atoms with E-state index in [1.165, 1.54) is 5.56 Å². The molecule has 0 atom stereocenters. The Kier molecular flexibility index (Phi) is 4.00. The van der Waals surface area contributed by atoms with Crippen LogP contribution in [0.3, 0.4) is 0 Å². The van der Waals surface area contributed by atoms with Crippen LogP contribution in [0.1, 0.15) is 51.0 Å². The third-order valence-corrected chi connectivity index (χ3v) is 3.30. The molecule has 0 fully saturated rings. The Morgan fingerprint density at radius 1 is 1.05 bits per heavy atom. The second kappa shape index (κ2) is 5.53. The van der Waals surface area contributed by atoms with Gasteiger partial charge in [-0.05, 0) is 25.3 Å². The number of hydrogen-bond donors (Lipinski definition) is 1. The van der Waals surface area contributed by atoms with E-state index in [-0.39, 0.29) is 0 Å². The fourth-order valence-electron chi connectivity index (χ4n) is 2.22. The van der Waals surface area contributed by atoms with Crippen molar-refractivity contribution in [2.24, 2.45) is 5.73 Å². The number of aromatic nitrogens is 3. The first-order chi connectivity index (χ1) is 9.04. The number of nitrogens with zero attached hydrogens (tertiary/aromatic N) is 3. The first-order valence-electron chi connectivity index (χ1n) is 6.78. The largest absolute Gasteiger partial charge is 0.324 e. The summed E-state index contributed by atoms with van der Waals surface area (Å²) in [5.41, 5.74) is 8.14. The molecule has 4 heteroatoms. The van der Waals surface area contributed by atoms with Crippen LogP contribution < -0.4 is 5.73 Å². The van der Waals surface area contributed by atoms with Gasteiger partial charge in [-0.15, -0.1) is 10.2 Å². The molecule has 0 amide bonds. The Morgan fingerprint density at radius 3 is 2.16 bits per heavy atom. The molecule has 1 heterocycles. The van der Waals surface area contributed by atoms with Gasteiger partial charge in [0.2, 0.25) is 0 Å². The minimum atomic E-state index is 0.299. The van der Waals surface area contributed by atoms with Gasteiger partial charge in [-0.2, -0.15) is 0 Å². The van der Waals surface area contributed by atoms with Crippen molar-refractivity contribution in [1.29, 1.82) is 0 Å². The van der Waals surface area contributed by atoms with E-state index in [1.807, 2.05) is 0 Å². The fourth-order valence-corrected chi connectivity index (χ4v) is 2.22. The van der Waals surface area contributed by atoms with E-state index in [4.69, 9.17) is 5.73 Å². The summed E-state index contributed by atoms with van der Waals surface area (Å²) < 4.78 is 2.10. The van der Waals surface area contributed by atoms with Crippen LogP contribution in [0.15, 0.2) is 24.3 Å². The molecule has 0 aliphatic rings. The maximum Gasteiger partial charge on any atom is 0.164 e. The minimum absolute atomic E-state index is 0.299. The Labute approximate surface area is 114 Å². The summed E-state index contributed by atoms with van der Waals surface area (Å²) in [6.07, 6.45) is 0. The monoisotopic (exact) mass is 258 g/mol. The molecule has 0 bridgehead atoms. The average Bonchev–Trinajstić information content (AvgIpc) is 2.82. The molecule has 0 unspecified atom stereocenters. The molecule has 0 aliphatic carbocycles. The first kappa shape index (κ1) is 13.7. The van der Waals surface area contributed by atoms with Crippen molar-refractivity contribution in [1.82, 2.24) is 14.8 Å². The van der Waals surface area contributed by atoms with E-state index in [9.17, 15) is 0 Å². The van der Waals surface area contributed by atoms with Gasteiger partial charge in [0.25, 0.3) is 0 Å². The molecule has 102 valence electrons. The maximum atomic E-state index is 5.72. The third-order valence-electron chi connectivity index (χ3n) is 3.30. The van der Waals surface area contributed by atoms with E-state index in [2.05, 4.69) is 66.7 Å². The summed E-state index contributed by atoms with van der Waals surface area (Å²) in [4.78, 5) is 0. The molecule has 4 nitrogen and oxygen atoms in total. The molecule has 1 aromatic carbocycles. The van der Waals surface area contributed by atoms with Crippen LogP contribution >= 0.6 is 0 Å². The number of nitrogens with two attached hydrogens (primary N) is 1. The summed E-state index contributed by atoms with van der Waals surface area (Å²) in [6, 6.07) is 8.83. The van der Waals surface area contributed by atoms with Gasteiger partial charge < -0.3 is 10.3 Å². The molecule has 0 saturated heterocycles. The molecule has 0 aliphatic heterocycles. The molecule has 2 aromatic rings. The van der Waals surface area contributed by atoms with Gasteiger partial charge in [-0.1, -0.05) is 38.1 Å². The molecular formula is C15H22N4. The first-order valence-corrected chi connectivity index (χ1v) is 6.78. The summed E-state index contributed by atoms with van der Waals surface area (Å²) >= 11 is 0. The highest BCUT2D eigenvalue weighted by atomic mass is 15.3. The number of hydrogen-bond acceptors (Lipinski definition) is 3. The molecule has 2 rings (SSSR count). The van der Waals surface area contributed by atoms with E-state index in [1.54, 1.807) is 0 Å². The molecule has 0 radical (unpaired) electrons. The van der Waals surface area contributed by atoms with Crippen molar-refractivity contribution < 1.29 is 0 Å². The number of rotatable bonds is 4. The van der Waals surface area contributed by atoms with Crippen molar-refractivity contribution in [3.8, 4) is 11.4 Å². The smallest absolute Gasteiger partial charge is 0.164 e. The van der Waals surface area contributed by atoms with E-state index < -0.39 is 0 Å². The predicted octanol–water partition coefficient (Wildman–Crippen LogP) is 3.11. The molecule has 2 N–H and O–H groups in total. The predicted molar refractivity (Wildman–Crippen MR) is 77.8 cm³/mol. The lowest BCUT2D eigenvalue weighted by molar-refractivity contribution is 0.574. The zero-order valence-corrected chi connectivity index (χ0v) is 12.1. The van der Waals surface area contributed by atoms with Crippen LogP contribution in [0.2, 0.25) is 0 Å². The Morgan fingerprint density at radius 2 is 1.68 bits per heavy atom. The van der Waals surface area contributed by atoms with Gasteiger partial charge in [0.05, 0.1) is 6.54 Å². The SMILES string of the molecule is CC(C)c1ccc(-c2nnc(CN)n2C(C)C)cc1. The van der Waals surface area contributed by atoms with Crippen molar-refractivity contribution in [2.75, 3.05) is 0 Å². The summed E-state index contributed by atoms with van der Waals surface area (Å²) in [6.45, 7) is 9.04. The van der Waals surface area contributed by atoms with Crippen LogP contribution in [0.5, 0.6) is 0 Å². The van der Waals surface area contributed by atoms with E-state index >= 15 is 0 Å². The molecule has 0 spiro atoms. The maximum absolute atomic E-state index is 5.72. The molecule has 0 saturated carbocycles. The van der Waals surface area contributed by atoms with Gasteiger partial charge in [0.1, 0.15) is 5.82 Å². The minimum Gasteiger partial charge on any atom is -0.324 e. The van der Waals surface area contributed by atoms with Gasteiger partial charge in [0.15, 0.2) is 5.82 Å². The van der Waals surface area contributed by atoms with Crippen molar-refractivity contribution in [3.05, 3.63) is 35.7 Å². The normalized spacial score (nSPS) is 11.5. The quantitative estimate of drug-likeness (QED) is 0.916. The second-order valence-corrected chi connectivity index (χ2v) is 5.38. The molecular weight excluding hydrogens is 236 g/mol.